The Morgan fingerprint density at radius 1 is 0.895 bits per heavy atom. The number of allylic oxidation sites excluding steroid dienone is 2. The smallest absolute Gasteiger partial charge is 0.186 e. The summed E-state index contributed by atoms with van der Waals surface area (Å²) in [6, 6.07) is 10.7. The summed E-state index contributed by atoms with van der Waals surface area (Å²) < 4.78 is 4.98. The summed E-state index contributed by atoms with van der Waals surface area (Å²) in [5.74, 6) is 0.871. The van der Waals surface area contributed by atoms with Crippen LogP contribution in [0.3, 0.4) is 0 Å². The first-order valence-electron chi connectivity index (χ1n) is 6.10. The third-order valence-corrected chi connectivity index (χ3v) is 2.77. The van der Waals surface area contributed by atoms with E-state index < -0.39 is 0 Å². The van der Waals surface area contributed by atoms with Crippen LogP contribution in [0.1, 0.15) is 33.4 Å². The van der Waals surface area contributed by atoms with E-state index >= 15 is 0 Å². The summed E-state index contributed by atoms with van der Waals surface area (Å²) in [5, 5.41) is 0. The molecule has 0 atom stereocenters. The topological polar surface area (TPSA) is 47.3 Å². The summed E-state index contributed by atoms with van der Waals surface area (Å²) in [7, 11) is 0. The normalized spacial score (nSPS) is 12.7. The summed E-state index contributed by atoms with van der Waals surface area (Å²) >= 11 is 0. The molecule has 19 heavy (non-hydrogen) atoms. The molecule has 1 heterocycles. The number of carbonyl (C=O) groups excluding carboxylic acids is 2. The van der Waals surface area contributed by atoms with E-state index in [-0.39, 0.29) is 11.6 Å². The summed E-state index contributed by atoms with van der Waals surface area (Å²) in [6.07, 6.45) is 5.31. The first-order chi connectivity index (χ1) is 9.22. The minimum Gasteiger partial charge on any atom is -0.469 e. The summed E-state index contributed by atoms with van der Waals surface area (Å²) in [5.41, 5.74) is 1.01. The van der Waals surface area contributed by atoms with Crippen LogP contribution in [-0.4, -0.2) is 11.6 Å². The molecule has 3 heteroatoms. The molecule has 3 nitrogen and oxygen atoms in total. The Hall–Kier alpha value is -2.42. The molecule has 0 unspecified atom stereocenters. The second kappa shape index (κ2) is 5.96. The van der Waals surface area contributed by atoms with Gasteiger partial charge in [0, 0.05) is 17.5 Å². The Labute approximate surface area is 111 Å². The molecule has 1 aliphatic carbocycles. The Kier molecular flexibility index (Phi) is 4.08. The molecule has 1 aliphatic rings. The highest BCUT2D eigenvalue weighted by atomic mass is 16.3. The van der Waals surface area contributed by atoms with E-state index in [4.69, 9.17) is 4.42 Å². The highest BCUT2D eigenvalue weighted by Crippen LogP contribution is 2.15. The van der Waals surface area contributed by atoms with Crippen LogP contribution in [0.4, 0.5) is 0 Å². The van der Waals surface area contributed by atoms with Gasteiger partial charge in [-0.15, -0.1) is 0 Å². The standard InChI is InChI=1S/C10H6O2.C6H8O/c11-9-5-6-10(12)8-4-2-1-3-7(8)9;1-2-6-4-3-5-7-6/h1-6H;3-5H,2H2,1H3. The fraction of sp³-hybridized carbons (Fsp3) is 0.125. The molecule has 96 valence electrons. The van der Waals surface area contributed by atoms with Gasteiger partial charge in [-0.05, 0) is 24.3 Å². The number of carbonyl (C=O) groups is 2. The van der Waals surface area contributed by atoms with Crippen LogP contribution in [0.5, 0.6) is 0 Å². The van der Waals surface area contributed by atoms with Crippen molar-refractivity contribution in [3.8, 4) is 0 Å². The molecular formula is C16H14O3. The van der Waals surface area contributed by atoms with E-state index in [1.54, 1.807) is 30.5 Å². The zero-order valence-electron chi connectivity index (χ0n) is 10.6. The van der Waals surface area contributed by atoms with Crippen LogP contribution >= 0.6 is 0 Å². The SMILES string of the molecule is CCc1ccco1.O=C1C=CC(=O)c2ccccc21. The number of furan rings is 1. The summed E-state index contributed by atoms with van der Waals surface area (Å²) in [4.78, 5) is 22.4. The monoisotopic (exact) mass is 254 g/mol. The van der Waals surface area contributed by atoms with Crippen LogP contribution < -0.4 is 0 Å². The molecule has 0 aliphatic heterocycles. The highest BCUT2D eigenvalue weighted by molar-refractivity contribution is 6.21. The molecule has 2 aromatic rings. The van der Waals surface area contributed by atoms with Gasteiger partial charge in [-0.2, -0.15) is 0 Å². The first-order valence-corrected chi connectivity index (χ1v) is 6.10. The minimum absolute atomic E-state index is 0.0924. The van der Waals surface area contributed by atoms with E-state index in [1.807, 2.05) is 12.1 Å². The molecule has 0 fully saturated rings. The number of hydrogen-bond acceptors (Lipinski definition) is 3. The average Bonchev–Trinajstić information content (AvgIpc) is 2.97. The molecular weight excluding hydrogens is 240 g/mol. The van der Waals surface area contributed by atoms with Gasteiger partial charge in [-0.1, -0.05) is 31.2 Å². The van der Waals surface area contributed by atoms with Crippen molar-refractivity contribution < 1.29 is 14.0 Å². The molecule has 0 radical (unpaired) electrons. The number of aryl methyl sites for hydroxylation is 1. The molecule has 0 amide bonds. The fourth-order valence-electron chi connectivity index (χ4n) is 1.76. The van der Waals surface area contributed by atoms with Gasteiger partial charge in [0.15, 0.2) is 11.6 Å². The van der Waals surface area contributed by atoms with Crippen LogP contribution in [0, 0.1) is 0 Å². The fourth-order valence-corrected chi connectivity index (χ4v) is 1.76. The first kappa shape index (κ1) is 13.0. The van der Waals surface area contributed by atoms with Gasteiger partial charge in [-0.3, -0.25) is 9.59 Å². The lowest BCUT2D eigenvalue weighted by molar-refractivity contribution is 0.0994. The van der Waals surface area contributed by atoms with Crippen molar-refractivity contribution in [1.29, 1.82) is 0 Å². The van der Waals surface area contributed by atoms with Gasteiger partial charge >= 0.3 is 0 Å². The number of hydrogen-bond donors (Lipinski definition) is 0. The van der Waals surface area contributed by atoms with Crippen LogP contribution in [-0.2, 0) is 6.42 Å². The third kappa shape index (κ3) is 3.07. The van der Waals surface area contributed by atoms with Crippen LogP contribution in [0.25, 0.3) is 0 Å². The van der Waals surface area contributed by atoms with Crippen molar-refractivity contribution in [2.24, 2.45) is 0 Å². The lowest BCUT2D eigenvalue weighted by Gasteiger charge is -2.06. The van der Waals surface area contributed by atoms with Gasteiger partial charge < -0.3 is 4.42 Å². The van der Waals surface area contributed by atoms with Crippen molar-refractivity contribution in [3.63, 3.8) is 0 Å². The lowest BCUT2D eigenvalue weighted by Crippen LogP contribution is -2.10. The van der Waals surface area contributed by atoms with Crippen LogP contribution in [0.15, 0.2) is 59.2 Å². The maximum Gasteiger partial charge on any atom is 0.186 e. The predicted molar refractivity (Wildman–Crippen MR) is 72.3 cm³/mol. The predicted octanol–water partition coefficient (Wildman–Crippen LogP) is 3.46. The molecule has 3 rings (SSSR count). The summed E-state index contributed by atoms with van der Waals surface area (Å²) in [6.45, 7) is 2.07. The molecule has 0 bridgehead atoms. The Bertz CT molecular complexity index is 570. The van der Waals surface area contributed by atoms with Crippen molar-refractivity contribution in [3.05, 3.63) is 71.7 Å². The lowest BCUT2D eigenvalue weighted by atomic mass is 9.95. The van der Waals surface area contributed by atoms with Crippen molar-refractivity contribution in [2.45, 2.75) is 13.3 Å². The number of rotatable bonds is 1. The van der Waals surface area contributed by atoms with Gasteiger partial charge in [0.2, 0.25) is 0 Å². The number of benzene rings is 1. The van der Waals surface area contributed by atoms with E-state index in [0.717, 1.165) is 12.2 Å². The van der Waals surface area contributed by atoms with E-state index in [9.17, 15) is 9.59 Å². The molecule has 1 aromatic carbocycles. The maximum atomic E-state index is 11.2. The van der Waals surface area contributed by atoms with E-state index in [0.29, 0.717) is 11.1 Å². The van der Waals surface area contributed by atoms with Crippen LogP contribution in [0.2, 0.25) is 0 Å². The molecule has 0 saturated carbocycles. The van der Waals surface area contributed by atoms with Crippen molar-refractivity contribution in [1.82, 2.24) is 0 Å². The van der Waals surface area contributed by atoms with Gasteiger partial charge in [0.05, 0.1) is 6.26 Å². The molecule has 1 aromatic heterocycles. The second-order valence-corrected chi connectivity index (χ2v) is 4.04. The van der Waals surface area contributed by atoms with Gasteiger partial charge in [-0.25, -0.2) is 0 Å². The number of ketones is 2. The molecule has 0 spiro atoms. The zero-order valence-corrected chi connectivity index (χ0v) is 10.6. The van der Waals surface area contributed by atoms with Gasteiger partial charge in [0.25, 0.3) is 0 Å². The zero-order chi connectivity index (χ0) is 13.7. The average molecular weight is 254 g/mol. The Morgan fingerprint density at radius 3 is 1.84 bits per heavy atom. The Balaban J connectivity index is 0.000000163. The van der Waals surface area contributed by atoms with E-state index in [1.165, 1.54) is 12.2 Å². The molecule has 0 saturated heterocycles. The largest absolute Gasteiger partial charge is 0.469 e. The highest BCUT2D eigenvalue weighted by Gasteiger charge is 2.16. The third-order valence-electron chi connectivity index (χ3n) is 2.77. The van der Waals surface area contributed by atoms with Crippen molar-refractivity contribution >= 4 is 11.6 Å². The van der Waals surface area contributed by atoms with Crippen molar-refractivity contribution in [2.75, 3.05) is 0 Å². The number of fused-ring (bicyclic) bond motifs is 1. The van der Waals surface area contributed by atoms with E-state index in [2.05, 4.69) is 6.92 Å². The van der Waals surface area contributed by atoms with Gasteiger partial charge in [0.1, 0.15) is 5.76 Å². The quantitative estimate of drug-likeness (QED) is 0.782. The maximum absolute atomic E-state index is 11.2. The minimum atomic E-state index is -0.0924. The Morgan fingerprint density at radius 2 is 1.47 bits per heavy atom. The molecule has 0 N–H and O–H groups in total. The second-order valence-electron chi connectivity index (χ2n) is 4.04.